The molecule has 0 saturated heterocycles. The van der Waals surface area contributed by atoms with Crippen LogP contribution in [0.1, 0.15) is 111 Å². The number of ketones is 1. The Bertz CT molecular complexity index is 987. The molecule has 0 heterocycles. The van der Waals surface area contributed by atoms with Gasteiger partial charge in [0.25, 0.3) is 0 Å². The molecule has 0 N–H and O–H groups in total. The van der Waals surface area contributed by atoms with Gasteiger partial charge in [-0.25, -0.2) is 0 Å². The highest BCUT2D eigenvalue weighted by Crippen LogP contribution is 2.69. The van der Waals surface area contributed by atoms with Crippen LogP contribution in [0.4, 0.5) is 0 Å². The average Bonchev–Trinajstić information content (AvgIpc) is 3.62. The van der Waals surface area contributed by atoms with Crippen LogP contribution in [0.5, 0.6) is 0 Å². The first-order chi connectivity index (χ1) is 18.1. The lowest BCUT2D eigenvalue weighted by molar-refractivity contribution is -0.168. The van der Waals surface area contributed by atoms with E-state index < -0.39 is 0 Å². The third kappa shape index (κ3) is 3.76. The largest absolute Gasteiger partial charge is 0.462 e. The van der Waals surface area contributed by atoms with E-state index >= 15 is 0 Å². The molecule has 0 aromatic rings. The molecule has 212 valence electrons. The van der Waals surface area contributed by atoms with Crippen LogP contribution in [-0.2, 0) is 23.8 Å². The normalized spacial score (nSPS) is 45.2. The maximum Gasteiger partial charge on any atom is 0.302 e. The van der Waals surface area contributed by atoms with Crippen LogP contribution in [0.3, 0.4) is 0 Å². The quantitative estimate of drug-likeness (QED) is 0.368. The van der Waals surface area contributed by atoms with Crippen LogP contribution in [0.25, 0.3) is 0 Å². The maximum atomic E-state index is 14.1. The summed E-state index contributed by atoms with van der Waals surface area (Å²) in [6.07, 6.45) is 17.5. The second kappa shape index (κ2) is 9.43. The standard InChI is InChI=1S/C33H50O5/c1-21(34)38-27-20-25-28-24(11-17-31(25,3)29(27)33(37-5)14-8-9-15-33)30(2)16-10-22(18-23(30)19-26(28)35)32(36-4)12-6-7-13-32/h19,22,24-25,27-29H,6-18,20H2,1-5H3/t22-,24?,25?,27+,28?,29-,30-,31-/m0/s1. The molecule has 5 saturated carbocycles. The number of ether oxygens (including phenoxy) is 3. The Kier molecular flexibility index (Phi) is 6.70. The molecule has 0 amide bonds. The molecule has 0 bridgehead atoms. The van der Waals surface area contributed by atoms with Gasteiger partial charge in [0.05, 0.1) is 11.2 Å². The Hall–Kier alpha value is -1.20. The van der Waals surface area contributed by atoms with Crippen molar-refractivity contribution < 1.29 is 23.8 Å². The molecule has 8 atom stereocenters. The second-order valence-electron chi connectivity index (χ2n) is 14.5. The fourth-order valence-electron chi connectivity index (χ4n) is 11.5. The Morgan fingerprint density at radius 2 is 1.50 bits per heavy atom. The van der Waals surface area contributed by atoms with E-state index in [9.17, 15) is 9.59 Å². The molecule has 0 aromatic carbocycles. The molecule has 5 fully saturated rings. The summed E-state index contributed by atoms with van der Waals surface area (Å²) in [7, 11) is 3.76. The van der Waals surface area contributed by atoms with Crippen LogP contribution in [0.2, 0.25) is 0 Å². The van der Waals surface area contributed by atoms with Crippen molar-refractivity contribution in [2.24, 2.45) is 40.4 Å². The lowest BCUT2D eigenvalue weighted by Gasteiger charge is -2.59. The molecule has 6 rings (SSSR count). The van der Waals surface area contributed by atoms with Crippen LogP contribution >= 0.6 is 0 Å². The van der Waals surface area contributed by atoms with Crippen LogP contribution < -0.4 is 0 Å². The fourth-order valence-corrected chi connectivity index (χ4v) is 11.5. The molecule has 6 aliphatic rings. The summed E-state index contributed by atoms with van der Waals surface area (Å²) < 4.78 is 18.7. The number of rotatable bonds is 5. The topological polar surface area (TPSA) is 61.8 Å². The number of fused-ring (bicyclic) bond motifs is 5. The van der Waals surface area contributed by atoms with Crippen LogP contribution in [0.15, 0.2) is 11.6 Å². The van der Waals surface area contributed by atoms with E-state index in [2.05, 4.69) is 19.9 Å². The molecular weight excluding hydrogens is 476 g/mol. The van der Waals surface area contributed by atoms with Crippen molar-refractivity contribution in [2.45, 2.75) is 128 Å². The summed E-state index contributed by atoms with van der Waals surface area (Å²) in [4.78, 5) is 26.4. The summed E-state index contributed by atoms with van der Waals surface area (Å²) in [6.45, 7) is 6.42. The van der Waals surface area contributed by atoms with Crippen molar-refractivity contribution in [3.05, 3.63) is 11.6 Å². The summed E-state index contributed by atoms with van der Waals surface area (Å²) >= 11 is 0. The molecule has 0 spiro atoms. The molecular formula is C33H50O5. The number of hydrogen-bond donors (Lipinski definition) is 0. The highest BCUT2D eigenvalue weighted by molar-refractivity contribution is 5.94. The van der Waals surface area contributed by atoms with Crippen molar-refractivity contribution in [3.63, 3.8) is 0 Å². The predicted molar refractivity (Wildman–Crippen MR) is 146 cm³/mol. The fraction of sp³-hybridized carbons (Fsp3) is 0.879. The predicted octanol–water partition coefficient (Wildman–Crippen LogP) is 6.82. The number of hydrogen-bond acceptors (Lipinski definition) is 5. The number of allylic oxidation sites excluding steroid dienone is 2. The van der Waals surface area contributed by atoms with E-state index in [1.54, 1.807) is 0 Å². The van der Waals surface area contributed by atoms with Gasteiger partial charge >= 0.3 is 5.97 Å². The number of carbonyl (C=O) groups excluding carboxylic acids is 2. The van der Waals surface area contributed by atoms with E-state index in [4.69, 9.17) is 14.2 Å². The lowest BCUT2D eigenvalue weighted by atomic mass is 9.45. The van der Waals surface area contributed by atoms with Gasteiger partial charge in [-0.15, -0.1) is 0 Å². The molecule has 3 unspecified atom stereocenters. The zero-order valence-electron chi connectivity index (χ0n) is 24.5. The molecule has 0 aliphatic heterocycles. The SMILES string of the molecule is COC1([C@H]2CC[C@@]3(C)C(=CC(=O)C4C3CC[C@@]3(C)C4C[C@@H](OC(C)=O)[C@@H]3C3(OC)CCCC3)C2)CCCC1. The summed E-state index contributed by atoms with van der Waals surface area (Å²) in [5.74, 6) is 1.48. The minimum atomic E-state index is -0.243. The van der Waals surface area contributed by atoms with E-state index in [0.29, 0.717) is 17.6 Å². The molecule has 5 heteroatoms. The molecule has 0 aromatic heterocycles. The summed E-state index contributed by atoms with van der Waals surface area (Å²) in [6, 6.07) is 0. The van der Waals surface area contributed by atoms with E-state index in [1.165, 1.54) is 44.6 Å². The Labute approximate surface area is 229 Å². The van der Waals surface area contributed by atoms with Gasteiger partial charge in [-0.1, -0.05) is 45.1 Å². The van der Waals surface area contributed by atoms with Crippen LogP contribution in [0, 0.1) is 40.4 Å². The monoisotopic (exact) mass is 526 g/mol. The Morgan fingerprint density at radius 1 is 0.868 bits per heavy atom. The first-order valence-electron chi connectivity index (χ1n) is 15.6. The van der Waals surface area contributed by atoms with E-state index in [0.717, 1.165) is 57.8 Å². The van der Waals surface area contributed by atoms with Crippen molar-refractivity contribution in [1.29, 1.82) is 0 Å². The van der Waals surface area contributed by atoms with Gasteiger partial charge < -0.3 is 14.2 Å². The van der Waals surface area contributed by atoms with Gasteiger partial charge in [0.15, 0.2) is 5.78 Å². The summed E-state index contributed by atoms with van der Waals surface area (Å²) in [5.41, 5.74) is 1.21. The minimum absolute atomic E-state index is 0.0128. The molecule has 38 heavy (non-hydrogen) atoms. The van der Waals surface area contributed by atoms with E-state index in [1.807, 2.05) is 14.2 Å². The van der Waals surface area contributed by atoms with Gasteiger partial charge in [-0.2, -0.15) is 0 Å². The van der Waals surface area contributed by atoms with Crippen molar-refractivity contribution >= 4 is 11.8 Å². The maximum absolute atomic E-state index is 14.1. The van der Waals surface area contributed by atoms with Gasteiger partial charge in [-0.3, -0.25) is 9.59 Å². The second-order valence-corrected chi connectivity index (χ2v) is 14.5. The molecule has 6 aliphatic carbocycles. The van der Waals surface area contributed by atoms with Gasteiger partial charge in [0, 0.05) is 33.0 Å². The van der Waals surface area contributed by atoms with Crippen molar-refractivity contribution in [3.8, 4) is 0 Å². The highest BCUT2D eigenvalue weighted by atomic mass is 16.5. The van der Waals surface area contributed by atoms with Gasteiger partial charge in [0.2, 0.25) is 0 Å². The highest BCUT2D eigenvalue weighted by Gasteiger charge is 2.68. The third-order valence-electron chi connectivity index (χ3n) is 13.3. The lowest BCUT2D eigenvalue weighted by Crippen LogP contribution is -2.56. The molecule has 0 radical (unpaired) electrons. The zero-order valence-corrected chi connectivity index (χ0v) is 24.5. The number of carbonyl (C=O) groups is 2. The first kappa shape index (κ1) is 27.0. The van der Waals surface area contributed by atoms with Crippen LogP contribution in [-0.4, -0.2) is 43.3 Å². The third-order valence-corrected chi connectivity index (χ3v) is 13.3. The van der Waals surface area contributed by atoms with Gasteiger partial charge in [0.1, 0.15) is 6.10 Å². The van der Waals surface area contributed by atoms with Gasteiger partial charge in [-0.05, 0) is 98.9 Å². The minimum Gasteiger partial charge on any atom is -0.462 e. The number of methoxy groups -OCH3 is 2. The van der Waals surface area contributed by atoms with Crippen molar-refractivity contribution in [2.75, 3.05) is 14.2 Å². The molecule has 5 nitrogen and oxygen atoms in total. The average molecular weight is 527 g/mol. The smallest absolute Gasteiger partial charge is 0.302 e. The van der Waals surface area contributed by atoms with Crippen molar-refractivity contribution in [1.82, 2.24) is 0 Å². The zero-order chi connectivity index (χ0) is 26.9. The number of esters is 1. The Morgan fingerprint density at radius 3 is 2.11 bits per heavy atom. The Balaban J connectivity index is 1.34. The summed E-state index contributed by atoms with van der Waals surface area (Å²) in [5, 5.41) is 0. The van der Waals surface area contributed by atoms with E-state index in [-0.39, 0.29) is 51.9 Å². The first-order valence-corrected chi connectivity index (χ1v) is 15.6.